The number of rotatable bonds is 3. The van der Waals surface area contributed by atoms with Gasteiger partial charge in [-0.15, -0.1) is 37.0 Å². The minimum absolute atomic E-state index is 1.22. The molecule has 0 saturated carbocycles. The van der Waals surface area contributed by atoms with E-state index in [0.29, 0.717) is 0 Å². The van der Waals surface area contributed by atoms with E-state index in [-0.39, 0.29) is 0 Å². The van der Waals surface area contributed by atoms with Crippen LogP contribution in [0.1, 0.15) is 0 Å². The second-order valence-corrected chi connectivity index (χ2v) is 7.32. The van der Waals surface area contributed by atoms with Crippen molar-refractivity contribution in [2.45, 2.75) is 9.79 Å². The van der Waals surface area contributed by atoms with Crippen LogP contribution < -0.4 is 0 Å². The lowest BCUT2D eigenvalue weighted by atomic mass is 10.2. The smallest absolute Gasteiger partial charge is 0.319 e. The Labute approximate surface area is 79.1 Å². The van der Waals surface area contributed by atoms with E-state index in [4.69, 9.17) is 10.2 Å². The summed E-state index contributed by atoms with van der Waals surface area (Å²) in [7, 11) is 7.94. The molecule has 0 aliphatic heterocycles. The van der Waals surface area contributed by atoms with Gasteiger partial charge in [0, 0.05) is 0 Å². The van der Waals surface area contributed by atoms with E-state index in [2.05, 4.69) is 0 Å². The Morgan fingerprint density at radius 3 is 1.08 bits per heavy atom. The van der Waals surface area contributed by atoms with Gasteiger partial charge in [-0.3, -0.25) is 9.59 Å². The molecule has 0 aromatic rings. The topological polar surface area (TPSA) is 74.6 Å². The summed E-state index contributed by atoms with van der Waals surface area (Å²) in [5, 5.41) is 17.4. The molecule has 4 nitrogen and oxygen atoms in total. The first-order valence-electron chi connectivity index (χ1n) is 2.76. The van der Waals surface area contributed by atoms with Crippen LogP contribution in [0.5, 0.6) is 0 Å². The van der Waals surface area contributed by atoms with Crippen LogP contribution in [0, 0.1) is 0 Å². The lowest BCUT2D eigenvalue weighted by Crippen LogP contribution is -2.47. The average molecular weight is 246 g/mol. The zero-order valence-corrected chi connectivity index (χ0v) is 10.6. The Bertz CT molecular complexity index is 199. The van der Waals surface area contributed by atoms with Crippen LogP contribution in [0.3, 0.4) is 0 Å². The molecule has 0 aliphatic carbocycles. The zero-order valence-electron chi connectivity index (χ0n) is 6.02. The molecule has 8 heteroatoms. The number of carboxylic acids is 2. The van der Waals surface area contributed by atoms with Crippen molar-refractivity contribution in [1.82, 2.24) is 0 Å². The molecule has 0 fully saturated rings. The van der Waals surface area contributed by atoms with E-state index in [1.165, 1.54) is 0 Å². The minimum Gasteiger partial charge on any atom is -0.480 e. The van der Waals surface area contributed by atoms with Gasteiger partial charge in [-0.25, -0.2) is 0 Å². The van der Waals surface area contributed by atoms with Gasteiger partial charge in [-0.05, 0) is 0 Å². The maximum absolute atomic E-state index is 10.6. The lowest BCUT2D eigenvalue weighted by Gasteiger charge is -2.32. The summed E-state index contributed by atoms with van der Waals surface area (Å²) in [6.45, 7) is 0. The molecule has 0 heterocycles. The molecule has 2 N–H and O–H groups in total. The van der Waals surface area contributed by atoms with Gasteiger partial charge in [-0.2, -0.15) is 0 Å². The largest absolute Gasteiger partial charge is 0.480 e. The first-order valence-corrected chi connectivity index (χ1v) is 5.07. The van der Waals surface area contributed by atoms with Gasteiger partial charge in [0.05, 0.1) is 0 Å². The standard InChI is InChI=1S/C4H10O4P4/c5-1(6)3(9,10)4(11,12)2(7)8/h9-12H2,(H,5,6)(H,7,8). The Kier molecular flexibility index (Phi) is 4.01. The van der Waals surface area contributed by atoms with Crippen LogP contribution >= 0.6 is 37.0 Å². The second-order valence-electron chi connectivity index (χ2n) is 2.35. The quantitative estimate of drug-likeness (QED) is 0.690. The molecule has 0 saturated heterocycles. The predicted molar refractivity (Wildman–Crippen MR) is 59.6 cm³/mol. The van der Waals surface area contributed by atoms with Gasteiger partial charge in [-0.1, -0.05) is 0 Å². The van der Waals surface area contributed by atoms with Crippen molar-refractivity contribution < 1.29 is 19.8 Å². The molecule has 0 aromatic heterocycles. The van der Waals surface area contributed by atoms with E-state index in [0.717, 1.165) is 0 Å². The summed E-state index contributed by atoms with van der Waals surface area (Å²) in [5.74, 6) is -2.44. The number of hydrogen-bond acceptors (Lipinski definition) is 2. The summed E-state index contributed by atoms with van der Waals surface area (Å²) in [4.78, 5) is 18.3. The molecule has 70 valence electrons. The highest BCUT2D eigenvalue weighted by atomic mass is 31.1. The van der Waals surface area contributed by atoms with E-state index in [1.807, 2.05) is 37.0 Å². The summed E-state index contributed by atoms with van der Waals surface area (Å²) in [6.07, 6.45) is 0. The van der Waals surface area contributed by atoms with Crippen LogP contribution in [0.15, 0.2) is 0 Å². The average Bonchev–Trinajstić information content (AvgIpc) is 1.86. The third kappa shape index (κ3) is 2.12. The number of carboxylic acid groups (broad SMARTS) is 2. The maximum Gasteiger partial charge on any atom is 0.319 e. The summed E-state index contributed by atoms with van der Waals surface area (Å²) in [5.41, 5.74) is 0. The van der Waals surface area contributed by atoms with Gasteiger partial charge in [0.15, 0.2) is 0 Å². The second kappa shape index (κ2) is 3.81. The molecule has 0 rings (SSSR count). The van der Waals surface area contributed by atoms with Crippen molar-refractivity contribution in [2.24, 2.45) is 0 Å². The molecule has 0 spiro atoms. The van der Waals surface area contributed by atoms with Crippen LogP contribution in [-0.4, -0.2) is 31.9 Å². The van der Waals surface area contributed by atoms with Crippen LogP contribution in [-0.2, 0) is 9.59 Å². The highest BCUT2D eigenvalue weighted by molar-refractivity contribution is 7.52. The van der Waals surface area contributed by atoms with E-state index >= 15 is 0 Å². The fourth-order valence-corrected chi connectivity index (χ4v) is 0.848. The Balaban J connectivity index is 5.01. The first kappa shape index (κ1) is 12.7. The monoisotopic (exact) mass is 246 g/mol. The molecule has 4 atom stereocenters. The van der Waals surface area contributed by atoms with E-state index < -0.39 is 21.7 Å². The van der Waals surface area contributed by atoms with E-state index in [1.54, 1.807) is 0 Å². The van der Waals surface area contributed by atoms with Crippen molar-refractivity contribution >= 4 is 48.9 Å². The Morgan fingerprint density at radius 2 is 1.00 bits per heavy atom. The van der Waals surface area contributed by atoms with Crippen molar-refractivity contribution in [3.8, 4) is 0 Å². The molecular formula is C4H10O4P4. The van der Waals surface area contributed by atoms with Crippen molar-refractivity contribution in [1.29, 1.82) is 0 Å². The SMILES string of the molecule is O=C(O)C(P)(P)C(P)(P)C(=O)O. The predicted octanol–water partition coefficient (Wildman–Crippen LogP) is 0.0486. The summed E-state index contributed by atoms with van der Waals surface area (Å²) < 4.78 is 0. The van der Waals surface area contributed by atoms with Crippen molar-refractivity contribution in [2.75, 3.05) is 0 Å². The molecule has 0 aliphatic rings. The lowest BCUT2D eigenvalue weighted by molar-refractivity contribution is -0.144. The molecular weight excluding hydrogens is 236 g/mol. The maximum atomic E-state index is 10.6. The van der Waals surface area contributed by atoms with Gasteiger partial charge >= 0.3 is 11.9 Å². The summed E-state index contributed by atoms with van der Waals surface area (Å²) >= 11 is 0. The molecule has 0 amide bonds. The third-order valence-corrected chi connectivity index (χ3v) is 5.62. The molecule has 0 bridgehead atoms. The van der Waals surface area contributed by atoms with Crippen molar-refractivity contribution in [3.05, 3.63) is 0 Å². The Morgan fingerprint density at radius 1 is 0.833 bits per heavy atom. The van der Waals surface area contributed by atoms with Gasteiger partial charge < -0.3 is 10.2 Å². The highest BCUT2D eigenvalue weighted by Crippen LogP contribution is 2.49. The van der Waals surface area contributed by atoms with Gasteiger partial charge in [0.1, 0.15) is 9.79 Å². The number of aliphatic carboxylic acids is 2. The zero-order chi connectivity index (χ0) is 10.2. The first-order chi connectivity index (χ1) is 5.14. The summed E-state index contributed by atoms with van der Waals surface area (Å²) in [6, 6.07) is 0. The fraction of sp³-hybridized carbons (Fsp3) is 0.500. The fourth-order valence-electron chi connectivity index (χ4n) is 0.354. The molecule has 12 heavy (non-hydrogen) atoms. The van der Waals surface area contributed by atoms with E-state index in [9.17, 15) is 9.59 Å². The minimum atomic E-state index is -1.51. The van der Waals surface area contributed by atoms with Gasteiger partial charge in [0.25, 0.3) is 0 Å². The van der Waals surface area contributed by atoms with Crippen LogP contribution in [0.2, 0.25) is 0 Å². The molecule has 0 radical (unpaired) electrons. The number of hydrogen-bond donors (Lipinski definition) is 2. The normalized spacial score (nSPS) is 12.7. The van der Waals surface area contributed by atoms with Crippen molar-refractivity contribution in [3.63, 3.8) is 0 Å². The Hall–Kier alpha value is 0.660. The highest BCUT2D eigenvalue weighted by Gasteiger charge is 2.50. The van der Waals surface area contributed by atoms with Crippen LogP contribution in [0.4, 0.5) is 0 Å². The molecule has 4 unspecified atom stereocenters. The molecule has 0 aromatic carbocycles. The number of carbonyl (C=O) groups is 2. The third-order valence-electron chi connectivity index (χ3n) is 1.39. The van der Waals surface area contributed by atoms with Gasteiger partial charge in [0.2, 0.25) is 0 Å². The van der Waals surface area contributed by atoms with Crippen LogP contribution in [0.25, 0.3) is 0 Å².